The van der Waals surface area contributed by atoms with Gasteiger partial charge in [-0.1, -0.05) is 127 Å². The van der Waals surface area contributed by atoms with Crippen LogP contribution in [0.15, 0.2) is 155 Å². The molecule has 1 aliphatic carbocycles. The van der Waals surface area contributed by atoms with E-state index in [1.165, 1.54) is 75.7 Å². The molecule has 1 aliphatic heterocycles. The first-order valence-corrected chi connectivity index (χ1v) is 16.1. The Kier molecular flexibility index (Phi) is 4.96. The highest BCUT2D eigenvalue weighted by Gasteiger charge is 2.50. The maximum absolute atomic E-state index is 9.61. The summed E-state index contributed by atoms with van der Waals surface area (Å²) < 4.78 is 2.45. The second-order valence-corrected chi connectivity index (χ2v) is 13.0. The van der Waals surface area contributed by atoms with Crippen molar-refractivity contribution in [3.05, 3.63) is 173 Å². The van der Waals surface area contributed by atoms with E-state index in [-0.39, 0.29) is 0 Å². The third kappa shape index (κ3) is 3.09. The molecule has 1 spiro atoms. The molecule has 10 rings (SSSR count). The monoisotopic (exact) mass is 588 g/mol. The molecule has 0 amide bonds. The Morgan fingerprint density at radius 2 is 1.13 bits per heavy atom. The van der Waals surface area contributed by atoms with Crippen LogP contribution >= 0.6 is 11.8 Å². The Labute approximate surface area is 264 Å². The van der Waals surface area contributed by atoms with Gasteiger partial charge in [-0.25, -0.2) is 0 Å². The zero-order valence-electron chi connectivity index (χ0n) is 24.2. The number of hydrogen-bond donors (Lipinski definition) is 0. The fourth-order valence-corrected chi connectivity index (χ4v) is 9.44. The molecule has 2 aliphatic rings. The molecule has 0 fully saturated rings. The van der Waals surface area contributed by atoms with Crippen molar-refractivity contribution in [2.45, 2.75) is 15.2 Å². The number of nitrogens with zero attached hydrogens (tertiary/aromatic N) is 2. The Morgan fingerprint density at radius 1 is 0.511 bits per heavy atom. The van der Waals surface area contributed by atoms with E-state index in [0.29, 0.717) is 5.56 Å². The van der Waals surface area contributed by atoms with Crippen molar-refractivity contribution < 1.29 is 0 Å². The molecular formula is C42H24N2S. The second-order valence-electron chi connectivity index (χ2n) is 12.0. The number of rotatable bonds is 1. The highest BCUT2D eigenvalue weighted by Crippen LogP contribution is 2.63. The molecule has 0 bridgehead atoms. The molecule has 0 unspecified atom stereocenters. The van der Waals surface area contributed by atoms with Crippen LogP contribution in [0.2, 0.25) is 0 Å². The predicted molar refractivity (Wildman–Crippen MR) is 184 cm³/mol. The molecular weight excluding hydrogens is 565 g/mol. The first-order chi connectivity index (χ1) is 22.3. The summed E-state index contributed by atoms with van der Waals surface area (Å²) in [5.74, 6) is 0. The van der Waals surface area contributed by atoms with E-state index in [4.69, 9.17) is 0 Å². The predicted octanol–water partition coefficient (Wildman–Crippen LogP) is 10.6. The summed E-state index contributed by atoms with van der Waals surface area (Å²) in [5, 5.41) is 14.5. The van der Waals surface area contributed by atoms with Gasteiger partial charge in [0, 0.05) is 31.6 Å². The van der Waals surface area contributed by atoms with Gasteiger partial charge in [-0.2, -0.15) is 5.26 Å². The fraction of sp³-hybridized carbons (Fsp3) is 0.0238. The minimum absolute atomic E-state index is 0.438. The molecule has 2 nitrogen and oxygen atoms in total. The SMILES string of the molecule is N#Cc1ccc(-n2c3c4c(ccc3c3ccc5ccccc5c32)C2(c3ccccc3S4)c3ccccc3-c3ccccc32)cc1. The van der Waals surface area contributed by atoms with Crippen molar-refractivity contribution in [1.29, 1.82) is 5.26 Å². The van der Waals surface area contributed by atoms with Crippen LogP contribution in [0.4, 0.5) is 0 Å². The second kappa shape index (κ2) is 8.99. The number of nitriles is 1. The molecule has 0 saturated heterocycles. The topological polar surface area (TPSA) is 28.7 Å². The summed E-state index contributed by atoms with van der Waals surface area (Å²) in [6.45, 7) is 0. The lowest BCUT2D eigenvalue weighted by Crippen LogP contribution is -2.32. The Morgan fingerprint density at radius 3 is 1.89 bits per heavy atom. The maximum Gasteiger partial charge on any atom is 0.0991 e. The zero-order valence-corrected chi connectivity index (χ0v) is 25.0. The molecule has 3 heteroatoms. The van der Waals surface area contributed by atoms with Gasteiger partial charge >= 0.3 is 0 Å². The Bertz CT molecular complexity index is 2540. The maximum atomic E-state index is 9.61. The molecule has 7 aromatic carbocycles. The van der Waals surface area contributed by atoms with Gasteiger partial charge in [0.05, 0.1) is 28.1 Å². The third-order valence-corrected chi connectivity index (χ3v) is 11.1. The number of hydrogen-bond acceptors (Lipinski definition) is 2. The van der Waals surface area contributed by atoms with Gasteiger partial charge in [0.1, 0.15) is 0 Å². The Balaban J connectivity index is 1.43. The summed E-state index contributed by atoms with van der Waals surface area (Å²) in [5.41, 5.74) is 11.6. The van der Waals surface area contributed by atoms with Gasteiger partial charge in [0.15, 0.2) is 0 Å². The normalized spacial score (nSPS) is 13.8. The average molecular weight is 589 g/mol. The van der Waals surface area contributed by atoms with Gasteiger partial charge in [-0.15, -0.1) is 0 Å². The highest BCUT2D eigenvalue weighted by molar-refractivity contribution is 7.99. The highest BCUT2D eigenvalue weighted by atomic mass is 32.2. The first-order valence-electron chi connectivity index (χ1n) is 15.3. The lowest BCUT2D eigenvalue weighted by Gasteiger charge is -2.40. The largest absolute Gasteiger partial charge is 0.307 e. The van der Waals surface area contributed by atoms with Gasteiger partial charge in [-0.05, 0) is 69.1 Å². The number of aromatic nitrogens is 1. The third-order valence-electron chi connectivity index (χ3n) is 9.88. The van der Waals surface area contributed by atoms with Crippen LogP contribution in [0.3, 0.4) is 0 Å². The lowest BCUT2D eigenvalue weighted by atomic mass is 9.67. The van der Waals surface area contributed by atoms with Crippen molar-refractivity contribution in [3.63, 3.8) is 0 Å². The first kappa shape index (κ1) is 24.8. The van der Waals surface area contributed by atoms with Crippen LogP contribution in [0.5, 0.6) is 0 Å². The molecule has 0 radical (unpaired) electrons. The summed E-state index contributed by atoms with van der Waals surface area (Å²) in [6, 6.07) is 55.2. The lowest BCUT2D eigenvalue weighted by molar-refractivity contribution is 0.724. The minimum Gasteiger partial charge on any atom is -0.307 e. The van der Waals surface area contributed by atoms with E-state index < -0.39 is 5.41 Å². The average Bonchev–Trinajstić information content (AvgIpc) is 3.60. The summed E-state index contributed by atoms with van der Waals surface area (Å²) in [6.07, 6.45) is 0. The van der Waals surface area contributed by atoms with Crippen molar-refractivity contribution in [1.82, 2.24) is 4.57 Å². The minimum atomic E-state index is -0.438. The summed E-state index contributed by atoms with van der Waals surface area (Å²) >= 11 is 1.89. The molecule has 45 heavy (non-hydrogen) atoms. The summed E-state index contributed by atoms with van der Waals surface area (Å²) in [4.78, 5) is 2.56. The molecule has 0 atom stereocenters. The van der Waals surface area contributed by atoms with Crippen molar-refractivity contribution in [2.75, 3.05) is 0 Å². The molecule has 1 aromatic heterocycles. The van der Waals surface area contributed by atoms with E-state index in [2.05, 4.69) is 144 Å². The summed E-state index contributed by atoms with van der Waals surface area (Å²) in [7, 11) is 0. The van der Waals surface area contributed by atoms with E-state index in [0.717, 1.165) is 5.69 Å². The van der Waals surface area contributed by atoms with Crippen LogP contribution in [-0.2, 0) is 5.41 Å². The van der Waals surface area contributed by atoms with Crippen LogP contribution in [0, 0.1) is 11.3 Å². The van der Waals surface area contributed by atoms with E-state index >= 15 is 0 Å². The molecule has 2 heterocycles. The smallest absolute Gasteiger partial charge is 0.0991 e. The zero-order chi connectivity index (χ0) is 29.7. The van der Waals surface area contributed by atoms with Gasteiger partial charge < -0.3 is 4.57 Å². The fourth-order valence-electron chi connectivity index (χ4n) is 8.11. The van der Waals surface area contributed by atoms with Crippen LogP contribution in [0.1, 0.15) is 27.8 Å². The molecule has 8 aromatic rings. The van der Waals surface area contributed by atoms with Gasteiger partial charge in [-0.3, -0.25) is 0 Å². The van der Waals surface area contributed by atoms with E-state index in [1.54, 1.807) is 0 Å². The van der Waals surface area contributed by atoms with Crippen LogP contribution < -0.4 is 0 Å². The van der Waals surface area contributed by atoms with Crippen LogP contribution in [0.25, 0.3) is 49.4 Å². The van der Waals surface area contributed by atoms with Gasteiger partial charge in [0.2, 0.25) is 0 Å². The number of fused-ring (bicyclic) bond motifs is 15. The van der Waals surface area contributed by atoms with Crippen molar-refractivity contribution in [3.8, 4) is 22.9 Å². The van der Waals surface area contributed by atoms with Crippen molar-refractivity contribution in [2.24, 2.45) is 0 Å². The van der Waals surface area contributed by atoms with Crippen LogP contribution in [-0.4, -0.2) is 4.57 Å². The number of benzene rings is 7. The molecule has 0 N–H and O–H groups in total. The van der Waals surface area contributed by atoms with Crippen molar-refractivity contribution >= 4 is 44.3 Å². The molecule has 0 saturated carbocycles. The van der Waals surface area contributed by atoms with E-state index in [1.807, 2.05) is 23.9 Å². The molecule has 208 valence electrons. The quantitative estimate of drug-likeness (QED) is 0.191. The Hall–Kier alpha value is -5.56. The standard InChI is InChI=1S/C42H24N2S/c43-25-26-17-20-28(21-18-26)44-39-29-10-2-1-9-27(29)19-22-32(39)33-23-24-37-41(40(33)44)45-38-16-8-7-15-36(38)42(37)34-13-5-3-11-30(34)31-12-4-6-14-35(31)42/h1-24H. The van der Waals surface area contributed by atoms with E-state index in [9.17, 15) is 5.26 Å². The van der Waals surface area contributed by atoms with Gasteiger partial charge in [0.25, 0.3) is 0 Å².